The molecule has 0 aliphatic rings. The van der Waals surface area contributed by atoms with Gasteiger partial charge in [-0.3, -0.25) is 9.78 Å². The van der Waals surface area contributed by atoms with Crippen LogP contribution in [0, 0.1) is 0 Å². The molecule has 0 atom stereocenters. The van der Waals surface area contributed by atoms with Crippen LogP contribution in [0.1, 0.15) is 10.4 Å². The first kappa shape index (κ1) is 12.3. The highest BCUT2D eigenvalue weighted by atomic mass is 35.5. The Morgan fingerprint density at radius 3 is 2.61 bits per heavy atom. The van der Waals surface area contributed by atoms with E-state index in [0.717, 1.165) is 5.69 Å². The average Bonchev–Trinajstić information content (AvgIpc) is 2.42. The monoisotopic (exact) mass is 258 g/mol. The third kappa shape index (κ3) is 3.18. The lowest BCUT2D eigenvalue weighted by Gasteiger charge is -2.02. The number of nitrogens with zero attached hydrogens (tertiary/aromatic N) is 1. The van der Waals surface area contributed by atoms with E-state index in [1.807, 2.05) is 18.2 Å². The molecule has 90 valence electrons. The molecule has 0 spiro atoms. The van der Waals surface area contributed by atoms with Gasteiger partial charge in [-0.2, -0.15) is 0 Å². The summed E-state index contributed by atoms with van der Waals surface area (Å²) in [5.74, 6) is -0.0862. The molecule has 0 radical (unpaired) electrons. The standard InChI is InChI=1S/C14H11ClN2O/c15-12-3-1-2-4-13(12)17-10-7-14(18)11-5-8-16-9-6-11/h1-10,17H/b10-7-. The van der Waals surface area contributed by atoms with E-state index < -0.39 is 0 Å². The van der Waals surface area contributed by atoms with Crippen LogP contribution >= 0.6 is 11.6 Å². The molecule has 1 aromatic carbocycles. The lowest BCUT2D eigenvalue weighted by molar-refractivity contribution is 0.104. The van der Waals surface area contributed by atoms with Gasteiger partial charge >= 0.3 is 0 Å². The van der Waals surface area contributed by atoms with Crippen LogP contribution in [0.4, 0.5) is 5.69 Å². The predicted octanol–water partition coefficient (Wildman–Crippen LogP) is 3.54. The molecule has 0 aliphatic heterocycles. The number of nitrogens with one attached hydrogen (secondary N) is 1. The summed E-state index contributed by atoms with van der Waals surface area (Å²) in [4.78, 5) is 15.6. The van der Waals surface area contributed by atoms with Crippen LogP contribution in [0.2, 0.25) is 5.02 Å². The van der Waals surface area contributed by atoms with Gasteiger partial charge in [0.05, 0.1) is 10.7 Å². The summed E-state index contributed by atoms with van der Waals surface area (Å²) < 4.78 is 0. The Labute approximate surface area is 110 Å². The number of ketones is 1. The number of hydrogen-bond donors (Lipinski definition) is 1. The third-order valence-electron chi connectivity index (χ3n) is 2.31. The number of carbonyl (C=O) groups is 1. The van der Waals surface area contributed by atoms with Crippen LogP contribution in [0.3, 0.4) is 0 Å². The van der Waals surface area contributed by atoms with Crippen LogP contribution in [0.15, 0.2) is 61.1 Å². The molecule has 0 aliphatic carbocycles. The smallest absolute Gasteiger partial charge is 0.187 e. The second-order valence-electron chi connectivity index (χ2n) is 3.56. The number of para-hydroxylation sites is 1. The number of halogens is 1. The Balaban J connectivity index is 2.01. The van der Waals surface area contributed by atoms with Gasteiger partial charge in [-0.05, 0) is 24.3 Å². The Kier molecular flexibility index (Phi) is 4.10. The number of carbonyl (C=O) groups excluding carboxylic acids is 1. The maximum Gasteiger partial charge on any atom is 0.187 e. The lowest BCUT2D eigenvalue weighted by Crippen LogP contribution is -1.96. The highest BCUT2D eigenvalue weighted by Crippen LogP contribution is 2.20. The van der Waals surface area contributed by atoms with Crippen molar-refractivity contribution in [3.05, 3.63) is 71.7 Å². The molecule has 4 heteroatoms. The first-order valence-electron chi connectivity index (χ1n) is 5.39. The molecule has 0 saturated carbocycles. The van der Waals surface area contributed by atoms with Gasteiger partial charge in [0.1, 0.15) is 0 Å². The molecule has 0 bridgehead atoms. The van der Waals surface area contributed by atoms with Crippen LogP contribution < -0.4 is 5.32 Å². The normalized spacial score (nSPS) is 10.5. The fourth-order valence-corrected chi connectivity index (χ4v) is 1.59. The maximum atomic E-state index is 11.7. The third-order valence-corrected chi connectivity index (χ3v) is 2.64. The average molecular weight is 259 g/mol. The van der Waals surface area contributed by atoms with Crippen molar-refractivity contribution in [1.29, 1.82) is 0 Å². The summed E-state index contributed by atoms with van der Waals surface area (Å²) in [7, 11) is 0. The van der Waals surface area contributed by atoms with E-state index in [2.05, 4.69) is 10.3 Å². The number of hydrogen-bond acceptors (Lipinski definition) is 3. The van der Waals surface area contributed by atoms with E-state index >= 15 is 0 Å². The minimum atomic E-state index is -0.0862. The number of pyridine rings is 1. The zero-order valence-electron chi connectivity index (χ0n) is 9.51. The summed E-state index contributed by atoms with van der Waals surface area (Å²) in [5, 5.41) is 3.57. The number of rotatable bonds is 4. The number of anilines is 1. The zero-order valence-corrected chi connectivity index (χ0v) is 10.3. The highest BCUT2D eigenvalue weighted by molar-refractivity contribution is 6.33. The largest absolute Gasteiger partial charge is 0.360 e. The topological polar surface area (TPSA) is 42.0 Å². The zero-order chi connectivity index (χ0) is 12.8. The van der Waals surface area contributed by atoms with Crippen LogP contribution in [0.5, 0.6) is 0 Å². The molecule has 1 aromatic heterocycles. The lowest BCUT2D eigenvalue weighted by atomic mass is 10.2. The van der Waals surface area contributed by atoms with Crippen molar-refractivity contribution in [3.8, 4) is 0 Å². The molecular weight excluding hydrogens is 248 g/mol. The van der Waals surface area contributed by atoms with E-state index in [4.69, 9.17) is 11.6 Å². The van der Waals surface area contributed by atoms with E-state index in [1.165, 1.54) is 6.08 Å². The van der Waals surface area contributed by atoms with Gasteiger partial charge in [0.15, 0.2) is 5.78 Å². The van der Waals surface area contributed by atoms with Gasteiger partial charge in [-0.15, -0.1) is 0 Å². The maximum absolute atomic E-state index is 11.7. The Morgan fingerprint density at radius 2 is 1.89 bits per heavy atom. The van der Waals surface area contributed by atoms with Crippen molar-refractivity contribution >= 4 is 23.1 Å². The van der Waals surface area contributed by atoms with Crippen molar-refractivity contribution in [2.75, 3.05) is 5.32 Å². The van der Waals surface area contributed by atoms with Crippen molar-refractivity contribution < 1.29 is 4.79 Å². The molecule has 0 fully saturated rings. The first-order chi connectivity index (χ1) is 8.77. The minimum absolute atomic E-state index is 0.0862. The molecule has 0 unspecified atom stereocenters. The van der Waals surface area contributed by atoms with Gasteiger partial charge < -0.3 is 5.32 Å². The summed E-state index contributed by atoms with van der Waals surface area (Å²) in [5.41, 5.74) is 1.36. The molecule has 0 amide bonds. The Morgan fingerprint density at radius 1 is 1.17 bits per heavy atom. The Bertz CT molecular complexity index is 567. The van der Waals surface area contributed by atoms with Gasteiger partial charge in [-0.25, -0.2) is 0 Å². The van der Waals surface area contributed by atoms with E-state index in [-0.39, 0.29) is 5.78 Å². The SMILES string of the molecule is O=C(/C=C\Nc1ccccc1Cl)c1ccncc1. The van der Waals surface area contributed by atoms with Gasteiger partial charge in [0.2, 0.25) is 0 Å². The van der Waals surface area contributed by atoms with Crippen LogP contribution in [-0.4, -0.2) is 10.8 Å². The fraction of sp³-hybridized carbons (Fsp3) is 0. The summed E-state index contributed by atoms with van der Waals surface area (Å²) in [6.07, 6.45) is 6.20. The van der Waals surface area contributed by atoms with Crippen molar-refractivity contribution in [2.24, 2.45) is 0 Å². The van der Waals surface area contributed by atoms with Gasteiger partial charge in [0, 0.05) is 30.2 Å². The van der Waals surface area contributed by atoms with Crippen LogP contribution in [-0.2, 0) is 0 Å². The fourth-order valence-electron chi connectivity index (χ4n) is 1.40. The quantitative estimate of drug-likeness (QED) is 0.674. The molecule has 2 aromatic rings. The minimum Gasteiger partial charge on any atom is -0.360 e. The summed E-state index contributed by atoms with van der Waals surface area (Å²) >= 11 is 5.97. The molecule has 1 N–H and O–H groups in total. The second kappa shape index (κ2) is 5.98. The molecule has 1 heterocycles. The van der Waals surface area contributed by atoms with E-state index in [0.29, 0.717) is 10.6 Å². The van der Waals surface area contributed by atoms with Gasteiger partial charge in [-0.1, -0.05) is 23.7 Å². The van der Waals surface area contributed by atoms with Gasteiger partial charge in [0.25, 0.3) is 0 Å². The second-order valence-corrected chi connectivity index (χ2v) is 3.96. The molecule has 2 rings (SSSR count). The highest BCUT2D eigenvalue weighted by Gasteiger charge is 2.00. The van der Waals surface area contributed by atoms with Crippen molar-refractivity contribution in [3.63, 3.8) is 0 Å². The number of benzene rings is 1. The molecule has 0 saturated heterocycles. The molecule has 18 heavy (non-hydrogen) atoms. The molecular formula is C14H11ClN2O. The number of aromatic nitrogens is 1. The van der Waals surface area contributed by atoms with Crippen LogP contribution in [0.25, 0.3) is 0 Å². The first-order valence-corrected chi connectivity index (χ1v) is 5.77. The Hall–Kier alpha value is -2.13. The summed E-state index contributed by atoms with van der Waals surface area (Å²) in [6, 6.07) is 10.7. The van der Waals surface area contributed by atoms with Crippen molar-refractivity contribution in [2.45, 2.75) is 0 Å². The predicted molar refractivity (Wildman–Crippen MR) is 72.8 cm³/mol. The van der Waals surface area contributed by atoms with E-state index in [9.17, 15) is 4.79 Å². The molecule has 3 nitrogen and oxygen atoms in total. The summed E-state index contributed by atoms with van der Waals surface area (Å²) in [6.45, 7) is 0. The van der Waals surface area contributed by atoms with Crippen molar-refractivity contribution in [1.82, 2.24) is 4.98 Å². The number of allylic oxidation sites excluding steroid dienone is 1. The van der Waals surface area contributed by atoms with E-state index in [1.54, 1.807) is 36.8 Å².